The number of piperidine rings is 1. The van der Waals surface area contributed by atoms with Crippen molar-refractivity contribution in [1.82, 2.24) is 10.2 Å². The van der Waals surface area contributed by atoms with E-state index in [0.29, 0.717) is 18.0 Å². The third kappa shape index (κ3) is 3.15. The molecule has 3 rings (SSSR count). The highest BCUT2D eigenvalue weighted by Gasteiger charge is 2.56. The molecule has 1 N–H and O–H groups in total. The Bertz CT molecular complexity index is 605. The number of aliphatic imine (C=N–C) groups is 1. The molecule has 8 heteroatoms. The number of ether oxygens (including phenoxy) is 2. The van der Waals surface area contributed by atoms with Crippen molar-refractivity contribution >= 4 is 30.0 Å². The van der Waals surface area contributed by atoms with Crippen LogP contribution in [0.2, 0.25) is 0 Å². The van der Waals surface area contributed by atoms with Crippen molar-refractivity contribution < 1.29 is 19.1 Å². The summed E-state index contributed by atoms with van der Waals surface area (Å²) in [7, 11) is 0. The Hall–Kier alpha value is -1.60. The van der Waals surface area contributed by atoms with Crippen LogP contribution in [0.15, 0.2) is 16.2 Å². The van der Waals surface area contributed by atoms with Gasteiger partial charge in [-0.3, -0.25) is 0 Å². The number of imide groups is 1. The highest BCUT2D eigenvalue weighted by Crippen LogP contribution is 2.43. The van der Waals surface area contributed by atoms with Crippen molar-refractivity contribution in [3.05, 3.63) is 11.2 Å². The quantitative estimate of drug-likeness (QED) is 0.676. The molecule has 2 fully saturated rings. The molecule has 7 nitrogen and oxygen atoms in total. The van der Waals surface area contributed by atoms with Crippen LogP contribution in [-0.2, 0) is 9.47 Å². The predicted molar refractivity (Wildman–Crippen MR) is 89.1 cm³/mol. The van der Waals surface area contributed by atoms with Gasteiger partial charge in [0, 0.05) is 25.0 Å². The number of hydrogen-bond donors (Lipinski definition) is 1. The number of nitrogens with one attached hydrogen (secondary N) is 1. The zero-order valence-electron chi connectivity index (χ0n) is 14.0. The summed E-state index contributed by atoms with van der Waals surface area (Å²) in [6.07, 6.45) is 3.23. The lowest BCUT2D eigenvalue weighted by Gasteiger charge is -2.51. The van der Waals surface area contributed by atoms with Crippen LogP contribution >= 0.6 is 11.6 Å². The average Bonchev–Trinajstić information content (AvgIpc) is 2.47. The second-order valence-electron chi connectivity index (χ2n) is 7.32. The summed E-state index contributed by atoms with van der Waals surface area (Å²) in [5, 5.41) is 3.60. The standard InChI is InChI=1S/C16H22ClN3O4/c1-15(2,3)23-13(21)20-11-9-19-12(17)8-10(11)16(24-14(20)22)4-6-18-7-5-16/h8-11,18H,4-7H2,1-3H3. The zero-order chi connectivity index (χ0) is 17.5. The third-order valence-electron chi connectivity index (χ3n) is 4.47. The largest absolute Gasteiger partial charge is 0.443 e. The average molecular weight is 356 g/mol. The second kappa shape index (κ2) is 6.04. The molecule has 3 aliphatic rings. The lowest BCUT2D eigenvalue weighted by Crippen LogP contribution is -2.66. The Morgan fingerprint density at radius 2 is 2.12 bits per heavy atom. The molecule has 1 spiro atoms. The summed E-state index contributed by atoms with van der Waals surface area (Å²) >= 11 is 6.08. The van der Waals surface area contributed by atoms with E-state index in [4.69, 9.17) is 21.1 Å². The minimum Gasteiger partial charge on any atom is -0.443 e. The van der Waals surface area contributed by atoms with E-state index in [1.54, 1.807) is 33.1 Å². The molecule has 3 heterocycles. The minimum absolute atomic E-state index is 0.241. The van der Waals surface area contributed by atoms with Gasteiger partial charge in [-0.15, -0.1) is 0 Å². The Morgan fingerprint density at radius 1 is 1.46 bits per heavy atom. The molecule has 2 saturated heterocycles. The highest BCUT2D eigenvalue weighted by molar-refractivity contribution is 6.30. The second-order valence-corrected chi connectivity index (χ2v) is 7.70. The molecule has 132 valence electrons. The number of rotatable bonds is 0. The predicted octanol–water partition coefficient (Wildman–Crippen LogP) is 2.65. The summed E-state index contributed by atoms with van der Waals surface area (Å²) in [6.45, 7) is 6.73. The summed E-state index contributed by atoms with van der Waals surface area (Å²) in [5.74, 6) is -0.241. The van der Waals surface area contributed by atoms with Gasteiger partial charge in [0.25, 0.3) is 0 Å². The number of halogens is 1. The first-order valence-corrected chi connectivity index (χ1v) is 8.47. The molecule has 0 aromatic carbocycles. The van der Waals surface area contributed by atoms with E-state index in [9.17, 15) is 9.59 Å². The van der Waals surface area contributed by atoms with Crippen molar-refractivity contribution in [3.63, 3.8) is 0 Å². The van der Waals surface area contributed by atoms with Gasteiger partial charge in [-0.1, -0.05) is 11.6 Å². The maximum atomic E-state index is 12.6. The zero-order valence-corrected chi connectivity index (χ0v) is 14.8. The Balaban J connectivity index is 1.93. The molecule has 2 unspecified atom stereocenters. The molecular formula is C16H22ClN3O4. The van der Waals surface area contributed by atoms with E-state index in [2.05, 4.69) is 10.3 Å². The van der Waals surface area contributed by atoms with Crippen LogP contribution in [0.4, 0.5) is 9.59 Å². The third-order valence-corrected chi connectivity index (χ3v) is 4.69. The first-order valence-electron chi connectivity index (χ1n) is 8.09. The Kier molecular flexibility index (Phi) is 4.34. The number of carbonyl (C=O) groups is 2. The summed E-state index contributed by atoms with van der Waals surface area (Å²) in [5.41, 5.74) is -1.38. The number of hydrogen-bond acceptors (Lipinski definition) is 6. The molecule has 0 radical (unpaired) electrons. The molecule has 0 aromatic rings. The molecule has 2 amide bonds. The van der Waals surface area contributed by atoms with E-state index in [1.807, 2.05) is 0 Å². The van der Waals surface area contributed by atoms with E-state index < -0.39 is 29.4 Å². The number of fused-ring (bicyclic) bond motifs is 2. The van der Waals surface area contributed by atoms with Crippen LogP contribution in [0.1, 0.15) is 33.6 Å². The van der Waals surface area contributed by atoms with Crippen LogP contribution < -0.4 is 5.32 Å². The van der Waals surface area contributed by atoms with Gasteiger partial charge < -0.3 is 14.8 Å². The van der Waals surface area contributed by atoms with Gasteiger partial charge in [-0.25, -0.2) is 19.5 Å². The van der Waals surface area contributed by atoms with Gasteiger partial charge in [-0.2, -0.15) is 0 Å². The topological polar surface area (TPSA) is 80.2 Å². The van der Waals surface area contributed by atoms with E-state index in [0.717, 1.165) is 18.0 Å². The number of carbonyl (C=O) groups excluding carboxylic acids is 2. The molecule has 3 aliphatic heterocycles. The van der Waals surface area contributed by atoms with Gasteiger partial charge in [0.1, 0.15) is 16.4 Å². The summed E-state index contributed by atoms with van der Waals surface area (Å²) < 4.78 is 11.1. The first-order chi connectivity index (χ1) is 11.2. The fourth-order valence-electron chi connectivity index (χ4n) is 3.43. The molecular weight excluding hydrogens is 334 g/mol. The van der Waals surface area contributed by atoms with Crippen molar-refractivity contribution in [2.75, 3.05) is 13.1 Å². The van der Waals surface area contributed by atoms with Gasteiger partial charge >= 0.3 is 12.2 Å². The Labute approximate surface area is 146 Å². The fourth-order valence-corrected chi connectivity index (χ4v) is 3.62. The molecule has 24 heavy (non-hydrogen) atoms. The minimum atomic E-state index is -0.732. The van der Waals surface area contributed by atoms with Crippen molar-refractivity contribution in [1.29, 1.82) is 0 Å². The molecule has 0 aliphatic carbocycles. The van der Waals surface area contributed by atoms with Crippen LogP contribution in [0.25, 0.3) is 0 Å². The fraction of sp³-hybridized carbons (Fsp3) is 0.688. The first kappa shape index (κ1) is 17.2. The van der Waals surface area contributed by atoms with E-state index in [1.165, 1.54) is 0 Å². The van der Waals surface area contributed by atoms with Crippen LogP contribution in [0, 0.1) is 5.92 Å². The smallest absolute Gasteiger partial charge is 0.420 e. The van der Waals surface area contributed by atoms with Crippen LogP contribution in [-0.4, -0.2) is 53.6 Å². The normalized spacial score (nSPS) is 28.9. The van der Waals surface area contributed by atoms with Crippen LogP contribution in [0.3, 0.4) is 0 Å². The van der Waals surface area contributed by atoms with E-state index in [-0.39, 0.29) is 5.92 Å². The highest BCUT2D eigenvalue weighted by atomic mass is 35.5. The molecule has 0 saturated carbocycles. The monoisotopic (exact) mass is 355 g/mol. The SMILES string of the molecule is CC(C)(C)OC(=O)N1C(=O)OC2(CCNCC2)C2C=C(Cl)N=CC21. The molecule has 2 atom stereocenters. The number of nitrogens with zero attached hydrogens (tertiary/aromatic N) is 2. The lowest BCUT2D eigenvalue weighted by atomic mass is 9.74. The van der Waals surface area contributed by atoms with Crippen molar-refractivity contribution in [2.45, 2.75) is 50.9 Å². The summed E-state index contributed by atoms with van der Waals surface area (Å²) in [6, 6.07) is -0.554. The molecule has 0 aromatic heterocycles. The van der Waals surface area contributed by atoms with Crippen molar-refractivity contribution in [2.24, 2.45) is 10.9 Å². The number of amides is 2. The van der Waals surface area contributed by atoms with Gasteiger partial charge in [0.2, 0.25) is 0 Å². The molecule has 0 bridgehead atoms. The maximum Gasteiger partial charge on any atom is 0.420 e. The summed E-state index contributed by atoms with van der Waals surface area (Å²) in [4.78, 5) is 30.2. The maximum absolute atomic E-state index is 12.6. The van der Waals surface area contributed by atoms with Gasteiger partial charge in [-0.05, 0) is 39.9 Å². The lowest BCUT2D eigenvalue weighted by molar-refractivity contribution is -0.100. The van der Waals surface area contributed by atoms with Crippen LogP contribution in [0.5, 0.6) is 0 Å². The van der Waals surface area contributed by atoms with E-state index >= 15 is 0 Å². The van der Waals surface area contributed by atoms with Gasteiger partial charge in [0.15, 0.2) is 0 Å². The van der Waals surface area contributed by atoms with Crippen molar-refractivity contribution in [3.8, 4) is 0 Å². The van der Waals surface area contributed by atoms with Gasteiger partial charge in [0.05, 0.1) is 6.04 Å². The Morgan fingerprint density at radius 3 is 2.75 bits per heavy atom.